The number of aryl methyl sites for hydroxylation is 1. The fraction of sp³-hybridized carbons (Fsp3) is 0.111. The van der Waals surface area contributed by atoms with Gasteiger partial charge in [-0.05, 0) is 37.3 Å². The third-order valence-electron chi connectivity index (χ3n) is 3.77. The molecule has 1 aromatic heterocycles. The monoisotopic (exact) mass is 363 g/mol. The zero-order valence-corrected chi connectivity index (χ0v) is 13.7. The Morgan fingerprint density at radius 1 is 1.12 bits per heavy atom. The van der Waals surface area contributed by atoms with Crippen molar-refractivity contribution < 1.29 is 27.1 Å². The Labute approximate surface area is 145 Å². The van der Waals surface area contributed by atoms with E-state index < -0.39 is 45.3 Å². The van der Waals surface area contributed by atoms with Crippen LogP contribution in [-0.2, 0) is 0 Å². The van der Waals surface area contributed by atoms with Gasteiger partial charge < -0.3 is 14.5 Å². The maximum absolute atomic E-state index is 13.8. The summed E-state index contributed by atoms with van der Waals surface area (Å²) in [5.74, 6) is -5.41. The molecule has 0 fully saturated rings. The smallest absolute Gasteiger partial charge is 0.263 e. The van der Waals surface area contributed by atoms with Gasteiger partial charge in [-0.25, -0.2) is 8.78 Å². The van der Waals surface area contributed by atoms with E-state index in [1.807, 2.05) is 0 Å². The topological polar surface area (TPSA) is 68.5 Å². The lowest BCUT2D eigenvalue weighted by Gasteiger charge is -2.09. The number of rotatable bonds is 3. The highest BCUT2D eigenvalue weighted by Crippen LogP contribution is 2.24. The quantitative estimate of drug-likeness (QED) is 0.719. The maximum Gasteiger partial charge on any atom is 0.263 e. The largest absolute Gasteiger partial charge is 0.497 e. The molecule has 5 nitrogen and oxygen atoms in total. The molecule has 0 unspecified atom stereocenters. The van der Waals surface area contributed by atoms with Crippen LogP contribution in [-0.4, -0.2) is 13.0 Å². The molecule has 0 radical (unpaired) electrons. The number of carbonyl (C=O) groups is 1. The molecule has 8 heteroatoms. The summed E-state index contributed by atoms with van der Waals surface area (Å²) in [7, 11) is 1.48. The van der Waals surface area contributed by atoms with Gasteiger partial charge in [-0.15, -0.1) is 0 Å². The number of hydrogen-bond acceptors (Lipinski definition) is 4. The molecule has 3 rings (SSSR count). The maximum atomic E-state index is 13.8. The van der Waals surface area contributed by atoms with Crippen LogP contribution in [0.5, 0.6) is 5.75 Å². The number of anilines is 1. The highest BCUT2D eigenvalue weighted by atomic mass is 19.2. The first-order chi connectivity index (χ1) is 12.3. The number of benzene rings is 2. The molecule has 1 heterocycles. The first-order valence-electron chi connectivity index (χ1n) is 7.39. The van der Waals surface area contributed by atoms with E-state index >= 15 is 0 Å². The molecule has 3 aromatic rings. The number of nitrogens with one attached hydrogen (secondary N) is 1. The van der Waals surface area contributed by atoms with E-state index in [-0.39, 0.29) is 5.76 Å². The molecule has 1 N–H and O–H groups in total. The van der Waals surface area contributed by atoms with Crippen LogP contribution in [0.3, 0.4) is 0 Å². The molecule has 26 heavy (non-hydrogen) atoms. The first-order valence-corrected chi connectivity index (χ1v) is 7.39. The average molecular weight is 363 g/mol. The molecular weight excluding hydrogens is 351 g/mol. The normalized spacial score (nSPS) is 10.8. The van der Waals surface area contributed by atoms with Crippen LogP contribution < -0.4 is 15.5 Å². The number of ether oxygens (including phenoxy) is 1. The van der Waals surface area contributed by atoms with Crippen LogP contribution in [0.4, 0.5) is 18.9 Å². The summed E-state index contributed by atoms with van der Waals surface area (Å²) in [6, 6.07) is 6.79. The van der Waals surface area contributed by atoms with E-state index in [0.29, 0.717) is 17.5 Å². The Hall–Kier alpha value is -3.29. The van der Waals surface area contributed by atoms with E-state index in [4.69, 9.17) is 9.15 Å². The Balaban J connectivity index is 2.08. The zero-order valence-electron chi connectivity index (χ0n) is 13.7. The van der Waals surface area contributed by atoms with Crippen LogP contribution in [0.2, 0.25) is 0 Å². The van der Waals surface area contributed by atoms with Crippen LogP contribution in [0.25, 0.3) is 11.0 Å². The number of methoxy groups -OCH3 is 1. The van der Waals surface area contributed by atoms with Crippen molar-refractivity contribution in [3.05, 3.63) is 69.3 Å². The molecule has 134 valence electrons. The summed E-state index contributed by atoms with van der Waals surface area (Å²) < 4.78 is 50.6. The predicted molar refractivity (Wildman–Crippen MR) is 88.0 cm³/mol. The van der Waals surface area contributed by atoms with E-state index in [9.17, 15) is 22.8 Å². The van der Waals surface area contributed by atoms with E-state index in [2.05, 4.69) is 5.32 Å². The molecule has 0 spiro atoms. The molecule has 0 saturated heterocycles. The predicted octanol–water partition coefficient (Wildman–Crippen LogP) is 3.78. The van der Waals surface area contributed by atoms with Crippen molar-refractivity contribution in [1.29, 1.82) is 0 Å². The van der Waals surface area contributed by atoms with Crippen molar-refractivity contribution in [2.24, 2.45) is 0 Å². The Bertz CT molecular complexity index is 1070. The number of hydrogen-bond donors (Lipinski definition) is 1. The third-order valence-corrected chi connectivity index (χ3v) is 3.77. The summed E-state index contributed by atoms with van der Waals surface area (Å²) in [6.45, 7) is 1.25. The van der Waals surface area contributed by atoms with Crippen LogP contribution in [0.1, 0.15) is 16.1 Å². The van der Waals surface area contributed by atoms with Gasteiger partial charge in [0.15, 0.2) is 17.2 Å². The first kappa shape index (κ1) is 17.5. The lowest BCUT2D eigenvalue weighted by atomic mass is 10.1. The van der Waals surface area contributed by atoms with Crippen molar-refractivity contribution in [3.8, 4) is 5.75 Å². The molecule has 1 amide bonds. The standard InChI is InChI=1S/C18H12F3NO4/c1-8-13(18(24)22-9-3-5-10(25-2)6-4-9)16(23)11-7-12(19)14(20)15(21)17(11)26-8/h3-7H,1-2H3,(H,22,24). The van der Waals surface area contributed by atoms with Crippen molar-refractivity contribution in [2.75, 3.05) is 12.4 Å². The molecule has 0 aliphatic rings. The summed E-state index contributed by atoms with van der Waals surface area (Å²) in [6.07, 6.45) is 0. The summed E-state index contributed by atoms with van der Waals surface area (Å²) in [4.78, 5) is 24.9. The van der Waals surface area contributed by atoms with Crippen molar-refractivity contribution in [1.82, 2.24) is 0 Å². The van der Waals surface area contributed by atoms with Crippen molar-refractivity contribution >= 4 is 22.6 Å². The van der Waals surface area contributed by atoms with Crippen molar-refractivity contribution in [3.63, 3.8) is 0 Å². The highest BCUT2D eigenvalue weighted by molar-refractivity contribution is 6.06. The van der Waals surface area contributed by atoms with Crippen LogP contribution in [0, 0.1) is 24.4 Å². The number of carbonyl (C=O) groups excluding carboxylic acids is 1. The molecule has 2 aromatic carbocycles. The van der Waals surface area contributed by atoms with Crippen molar-refractivity contribution in [2.45, 2.75) is 6.92 Å². The Kier molecular flexibility index (Phi) is 4.41. The third kappa shape index (κ3) is 2.90. The van der Waals surface area contributed by atoms with Gasteiger partial charge in [-0.3, -0.25) is 9.59 Å². The summed E-state index contributed by atoms with van der Waals surface area (Å²) >= 11 is 0. The second-order valence-corrected chi connectivity index (χ2v) is 5.41. The van der Waals surface area contributed by atoms with Gasteiger partial charge in [0.2, 0.25) is 11.2 Å². The van der Waals surface area contributed by atoms with Gasteiger partial charge in [0, 0.05) is 5.69 Å². The fourth-order valence-corrected chi connectivity index (χ4v) is 2.48. The second-order valence-electron chi connectivity index (χ2n) is 5.41. The van der Waals surface area contributed by atoms with Gasteiger partial charge >= 0.3 is 0 Å². The number of halogens is 3. The van der Waals surface area contributed by atoms with Gasteiger partial charge in [0.1, 0.15) is 17.1 Å². The molecule has 0 bridgehead atoms. The molecule has 0 atom stereocenters. The minimum atomic E-state index is -1.75. The number of fused-ring (bicyclic) bond motifs is 1. The fourth-order valence-electron chi connectivity index (χ4n) is 2.48. The van der Waals surface area contributed by atoms with Gasteiger partial charge in [0.05, 0.1) is 12.5 Å². The van der Waals surface area contributed by atoms with Gasteiger partial charge in [-0.2, -0.15) is 4.39 Å². The highest BCUT2D eigenvalue weighted by Gasteiger charge is 2.24. The summed E-state index contributed by atoms with van der Waals surface area (Å²) in [5.41, 5.74) is -1.77. The lowest BCUT2D eigenvalue weighted by molar-refractivity contribution is 0.102. The average Bonchev–Trinajstić information content (AvgIpc) is 2.62. The zero-order chi connectivity index (χ0) is 19.0. The van der Waals surface area contributed by atoms with Crippen LogP contribution >= 0.6 is 0 Å². The molecule has 0 aliphatic heterocycles. The van der Waals surface area contributed by atoms with E-state index in [0.717, 1.165) is 0 Å². The van der Waals surface area contributed by atoms with Gasteiger partial charge in [0.25, 0.3) is 5.91 Å². The second kappa shape index (κ2) is 6.55. The van der Waals surface area contributed by atoms with Crippen LogP contribution in [0.15, 0.2) is 39.5 Å². The molecule has 0 aliphatic carbocycles. The minimum Gasteiger partial charge on any atom is -0.497 e. The SMILES string of the molecule is COc1ccc(NC(=O)c2c(C)oc3c(F)c(F)c(F)cc3c2=O)cc1. The summed E-state index contributed by atoms with van der Waals surface area (Å²) in [5, 5.41) is 1.92. The molecular formula is C18H12F3NO4. The molecule has 0 saturated carbocycles. The van der Waals surface area contributed by atoms with Gasteiger partial charge in [-0.1, -0.05) is 0 Å². The minimum absolute atomic E-state index is 0.224. The van der Waals surface area contributed by atoms with E-state index in [1.165, 1.54) is 14.0 Å². The van der Waals surface area contributed by atoms with E-state index in [1.54, 1.807) is 24.3 Å². The lowest BCUT2D eigenvalue weighted by Crippen LogP contribution is -2.23. The number of amides is 1. The Morgan fingerprint density at radius 2 is 1.77 bits per heavy atom. The Morgan fingerprint density at radius 3 is 2.38 bits per heavy atom.